The van der Waals surface area contributed by atoms with Gasteiger partial charge in [0.2, 0.25) is 5.95 Å². The molecule has 23 heavy (non-hydrogen) atoms. The molecular formula is C15H22N4O4. The van der Waals surface area contributed by atoms with Crippen molar-refractivity contribution in [3.8, 4) is 0 Å². The quantitative estimate of drug-likeness (QED) is 0.872. The van der Waals surface area contributed by atoms with Crippen LogP contribution in [0.25, 0.3) is 0 Å². The number of ether oxygens (including phenoxy) is 1. The third-order valence-electron chi connectivity index (χ3n) is 3.31. The van der Waals surface area contributed by atoms with Gasteiger partial charge in [-0.1, -0.05) is 0 Å². The molecule has 2 heterocycles. The molecule has 1 aromatic rings. The Labute approximate surface area is 134 Å². The van der Waals surface area contributed by atoms with Crippen LogP contribution in [0.5, 0.6) is 0 Å². The molecule has 2 rings (SSSR count). The lowest BCUT2D eigenvalue weighted by molar-refractivity contribution is 0.0499. The molecule has 1 saturated heterocycles. The number of anilines is 1. The summed E-state index contributed by atoms with van der Waals surface area (Å²) in [5.41, 5.74) is -0.483. The fourth-order valence-corrected chi connectivity index (χ4v) is 2.35. The summed E-state index contributed by atoms with van der Waals surface area (Å²) in [7, 11) is 0. The van der Waals surface area contributed by atoms with Gasteiger partial charge < -0.3 is 20.1 Å². The molecule has 8 nitrogen and oxygen atoms in total. The van der Waals surface area contributed by atoms with Gasteiger partial charge in [-0.05, 0) is 33.6 Å². The Bertz CT molecular complexity index is 568. The van der Waals surface area contributed by atoms with E-state index in [1.165, 1.54) is 12.4 Å². The van der Waals surface area contributed by atoms with Crippen molar-refractivity contribution in [2.24, 2.45) is 0 Å². The largest absolute Gasteiger partial charge is 0.478 e. The topological polar surface area (TPSA) is 105 Å². The minimum atomic E-state index is -1.06. The second-order valence-electron chi connectivity index (χ2n) is 6.51. The highest BCUT2D eigenvalue weighted by atomic mass is 16.6. The van der Waals surface area contributed by atoms with Crippen molar-refractivity contribution >= 4 is 18.0 Å². The lowest BCUT2D eigenvalue weighted by Gasteiger charge is -2.33. The molecule has 2 N–H and O–H groups in total. The predicted molar refractivity (Wildman–Crippen MR) is 83.6 cm³/mol. The van der Waals surface area contributed by atoms with E-state index in [-0.39, 0.29) is 11.6 Å². The summed E-state index contributed by atoms with van der Waals surface area (Å²) in [6, 6.07) is -0.0543. The van der Waals surface area contributed by atoms with Crippen molar-refractivity contribution in [2.75, 3.05) is 18.0 Å². The van der Waals surface area contributed by atoms with Crippen LogP contribution in [0.2, 0.25) is 0 Å². The van der Waals surface area contributed by atoms with Crippen LogP contribution in [-0.2, 0) is 4.74 Å². The first-order valence-electron chi connectivity index (χ1n) is 7.54. The number of aromatic nitrogens is 2. The first-order chi connectivity index (χ1) is 10.7. The number of carbonyl (C=O) groups is 2. The van der Waals surface area contributed by atoms with Gasteiger partial charge >= 0.3 is 12.1 Å². The van der Waals surface area contributed by atoms with Gasteiger partial charge in [0.05, 0.1) is 5.56 Å². The van der Waals surface area contributed by atoms with Gasteiger partial charge in [-0.25, -0.2) is 19.6 Å². The SMILES string of the molecule is CC(C)(C)OC(=O)N[C@@H]1CCCN(c2ncc(C(=O)O)cn2)C1. The summed E-state index contributed by atoms with van der Waals surface area (Å²) < 4.78 is 5.26. The molecular weight excluding hydrogens is 300 g/mol. The van der Waals surface area contributed by atoms with Gasteiger partial charge in [-0.2, -0.15) is 0 Å². The molecule has 1 fully saturated rings. The van der Waals surface area contributed by atoms with Crippen molar-refractivity contribution in [1.82, 2.24) is 15.3 Å². The van der Waals surface area contributed by atoms with Crippen LogP contribution < -0.4 is 10.2 Å². The van der Waals surface area contributed by atoms with Crippen molar-refractivity contribution < 1.29 is 19.4 Å². The van der Waals surface area contributed by atoms with Crippen LogP contribution in [0.4, 0.5) is 10.7 Å². The molecule has 0 radical (unpaired) electrons. The number of piperidine rings is 1. The number of carbonyl (C=O) groups excluding carboxylic acids is 1. The number of nitrogens with one attached hydrogen (secondary N) is 1. The monoisotopic (exact) mass is 322 g/mol. The van der Waals surface area contributed by atoms with E-state index in [4.69, 9.17) is 9.84 Å². The molecule has 1 aliphatic heterocycles. The van der Waals surface area contributed by atoms with E-state index < -0.39 is 17.7 Å². The maximum atomic E-state index is 11.8. The van der Waals surface area contributed by atoms with E-state index in [0.717, 1.165) is 19.4 Å². The first-order valence-corrected chi connectivity index (χ1v) is 7.54. The average Bonchev–Trinajstić information content (AvgIpc) is 2.45. The van der Waals surface area contributed by atoms with Gasteiger partial charge in [0.25, 0.3) is 0 Å². The predicted octanol–water partition coefficient (Wildman–Crippen LogP) is 1.67. The highest BCUT2D eigenvalue weighted by Gasteiger charge is 2.25. The van der Waals surface area contributed by atoms with Crippen molar-refractivity contribution in [3.63, 3.8) is 0 Å². The molecule has 0 spiro atoms. The van der Waals surface area contributed by atoms with Crippen molar-refractivity contribution in [2.45, 2.75) is 45.3 Å². The number of hydrogen-bond acceptors (Lipinski definition) is 6. The van der Waals surface area contributed by atoms with Crippen LogP contribution >= 0.6 is 0 Å². The Kier molecular flexibility index (Phi) is 5.02. The lowest BCUT2D eigenvalue weighted by Crippen LogP contribution is -2.49. The van der Waals surface area contributed by atoms with Gasteiger partial charge in [-0.15, -0.1) is 0 Å². The number of amides is 1. The number of rotatable bonds is 3. The first kappa shape index (κ1) is 17.0. The van der Waals surface area contributed by atoms with E-state index in [9.17, 15) is 9.59 Å². The van der Waals surface area contributed by atoms with E-state index in [2.05, 4.69) is 15.3 Å². The van der Waals surface area contributed by atoms with E-state index in [0.29, 0.717) is 12.5 Å². The molecule has 0 saturated carbocycles. The van der Waals surface area contributed by atoms with Crippen LogP contribution in [0.15, 0.2) is 12.4 Å². The Morgan fingerprint density at radius 1 is 1.35 bits per heavy atom. The molecule has 126 valence electrons. The smallest absolute Gasteiger partial charge is 0.407 e. The van der Waals surface area contributed by atoms with Gasteiger partial charge in [0.1, 0.15) is 5.60 Å². The normalized spacial score (nSPS) is 18.4. The number of hydrogen-bond donors (Lipinski definition) is 2. The van der Waals surface area contributed by atoms with E-state index in [1.807, 2.05) is 25.7 Å². The summed E-state index contributed by atoms with van der Waals surface area (Å²) in [6.07, 6.45) is 3.87. The second-order valence-corrected chi connectivity index (χ2v) is 6.51. The molecule has 0 unspecified atom stereocenters. The number of alkyl carbamates (subject to hydrolysis) is 1. The van der Waals surface area contributed by atoms with E-state index in [1.54, 1.807) is 0 Å². The van der Waals surface area contributed by atoms with Crippen molar-refractivity contribution in [1.29, 1.82) is 0 Å². The maximum absolute atomic E-state index is 11.8. The molecule has 1 atom stereocenters. The third kappa shape index (κ3) is 5.08. The molecule has 1 amide bonds. The van der Waals surface area contributed by atoms with E-state index >= 15 is 0 Å². The molecule has 8 heteroatoms. The zero-order valence-corrected chi connectivity index (χ0v) is 13.6. The van der Waals surface area contributed by atoms with Gasteiger partial charge in [0.15, 0.2) is 0 Å². The van der Waals surface area contributed by atoms with Crippen LogP contribution in [0, 0.1) is 0 Å². The zero-order valence-electron chi connectivity index (χ0n) is 13.6. The third-order valence-corrected chi connectivity index (χ3v) is 3.31. The van der Waals surface area contributed by atoms with Crippen molar-refractivity contribution in [3.05, 3.63) is 18.0 Å². The van der Waals surface area contributed by atoms with Crippen LogP contribution in [0.3, 0.4) is 0 Å². The zero-order chi connectivity index (χ0) is 17.0. The second kappa shape index (κ2) is 6.80. The highest BCUT2D eigenvalue weighted by molar-refractivity contribution is 5.86. The summed E-state index contributed by atoms with van der Waals surface area (Å²) in [4.78, 5) is 32.8. The average molecular weight is 322 g/mol. The summed E-state index contributed by atoms with van der Waals surface area (Å²) in [6.45, 7) is 6.78. The highest BCUT2D eigenvalue weighted by Crippen LogP contribution is 2.16. The standard InChI is InChI=1S/C15H22N4O4/c1-15(2,3)23-14(22)18-11-5-4-6-19(9-11)13-16-7-10(8-17-13)12(20)21/h7-8,11H,4-6,9H2,1-3H3,(H,18,22)(H,20,21)/t11-/m1/s1. The number of carboxylic acids is 1. The van der Waals surface area contributed by atoms with Gasteiger partial charge in [0, 0.05) is 31.5 Å². The minimum absolute atomic E-state index is 0.0502. The molecule has 0 aliphatic carbocycles. The lowest BCUT2D eigenvalue weighted by atomic mass is 10.1. The maximum Gasteiger partial charge on any atom is 0.407 e. The Balaban J connectivity index is 1.95. The molecule has 0 aromatic carbocycles. The number of carboxylic acid groups (broad SMARTS) is 1. The molecule has 0 bridgehead atoms. The van der Waals surface area contributed by atoms with Gasteiger partial charge in [-0.3, -0.25) is 0 Å². The Hall–Kier alpha value is -2.38. The summed E-state index contributed by atoms with van der Waals surface area (Å²) in [5.74, 6) is -0.592. The number of nitrogens with zero attached hydrogens (tertiary/aromatic N) is 3. The fraction of sp³-hybridized carbons (Fsp3) is 0.600. The molecule has 1 aromatic heterocycles. The Morgan fingerprint density at radius 2 is 2.00 bits per heavy atom. The van der Waals surface area contributed by atoms with Crippen LogP contribution in [0.1, 0.15) is 44.0 Å². The minimum Gasteiger partial charge on any atom is -0.478 e. The summed E-state index contributed by atoms with van der Waals surface area (Å²) >= 11 is 0. The van der Waals surface area contributed by atoms with Crippen LogP contribution in [-0.4, -0.2) is 51.9 Å². The summed E-state index contributed by atoms with van der Waals surface area (Å²) in [5, 5.41) is 11.7. The molecule has 1 aliphatic rings. The number of aromatic carboxylic acids is 1. The Morgan fingerprint density at radius 3 is 2.57 bits per heavy atom. The fourth-order valence-electron chi connectivity index (χ4n) is 2.35.